The number of nitrogens with zero attached hydrogens (tertiary/aromatic N) is 1. The van der Waals surface area contributed by atoms with Gasteiger partial charge in [0, 0.05) is 24.0 Å². The first kappa shape index (κ1) is 11.3. The third kappa shape index (κ3) is 1.57. The molecular weight excluding hydrogens is 196 g/mol. The summed E-state index contributed by atoms with van der Waals surface area (Å²) in [6.07, 6.45) is 1.15. The molecule has 0 atom stereocenters. The quantitative estimate of drug-likeness (QED) is 0.678. The van der Waals surface area contributed by atoms with Gasteiger partial charge in [-0.1, -0.05) is 13.8 Å². The van der Waals surface area contributed by atoms with Crippen LogP contribution < -0.4 is 10.6 Å². The highest BCUT2D eigenvalue weighted by Crippen LogP contribution is 2.46. The lowest BCUT2D eigenvalue weighted by molar-refractivity contribution is 0.317. The van der Waals surface area contributed by atoms with Crippen molar-refractivity contribution < 1.29 is 0 Å². The monoisotopic (exact) mass is 218 g/mol. The third-order valence-electron chi connectivity index (χ3n) is 3.89. The van der Waals surface area contributed by atoms with Gasteiger partial charge in [0.15, 0.2) is 0 Å². The molecule has 1 aromatic rings. The predicted octanol–water partition coefficient (Wildman–Crippen LogP) is 3.16. The van der Waals surface area contributed by atoms with Gasteiger partial charge in [-0.25, -0.2) is 0 Å². The van der Waals surface area contributed by atoms with Crippen LogP contribution in [0.5, 0.6) is 0 Å². The third-order valence-corrected chi connectivity index (χ3v) is 3.89. The van der Waals surface area contributed by atoms with E-state index < -0.39 is 0 Å². The Morgan fingerprint density at radius 2 is 1.81 bits per heavy atom. The Morgan fingerprint density at radius 3 is 2.44 bits per heavy atom. The molecule has 0 spiro atoms. The zero-order valence-electron chi connectivity index (χ0n) is 11.0. The van der Waals surface area contributed by atoms with Crippen LogP contribution in [0.2, 0.25) is 0 Å². The van der Waals surface area contributed by atoms with Gasteiger partial charge in [0.05, 0.1) is 0 Å². The van der Waals surface area contributed by atoms with E-state index in [0.29, 0.717) is 0 Å². The number of fused-ring (bicyclic) bond motifs is 1. The Labute approximate surface area is 98.4 Å². The van der Waals surface area contributed by atoms with Crippen LogP contribution in [0.25, 0.3) is 0 Å². The van der Waals surface area contributed by atoms with Gasteiger partial charge in [-0.2, -0.15) is 0 Å². The summed E-state index contributed by atoms with van der Waals surface area (Å²) in [5, 5.41) is 0. The molecule has 16 heavy (non-hydrogen) atoms. The summed E-state index contributed by atoms with van der Waals surface area (Å²) < 4.78 is 0. The summed E-state index contributed by atoms with van der Waals surface area (Å²) >= 11 is 0. The second-order valence-electron chi connectivity index (χ2n) is 6.21. The molecule has 0 radical (unpaired) electrons. The topological polar surface area (TPSA) is 29.3 Å². The molecule has 0 fully saturated rings. The van der Waals surface area contributed by atoms with Crippen molar-refractivity contribution in [3.8, 4) is 0 Å². The van der Waals surface area contributed by atoms with Crippen LogP contribution in [0.4, 0.5) is 11.4 Å². The van der Waals surface area contributed by atoms with E-state index in [4.69, 9.17) is 5.73 Å². The Morgan fingerprint density at radius 1 is 1.19 bits per heavy atom. The molecule has 2 heteroatoms. The van der Waals surface area contributed by atoms with Crippen LogP contribution in [0.1, 0.15) is 39.7 Å². The molecule has 1 aliphatic heterocycles. The zero-order valence-corrected chi connectivity index (χ0v) is 11.0. The molecular formula is C14H22N2. The Kier molecular flexibility index (Phi) is 2.23. The average molecular weight is 218 g/mol. The normalized spacial score (nSPS) is 21.7. The summed E-state index contributed by atoms with van der Waals surface area (Å²) in [5.74, 6) is 0. The Bertz CT molecular complexity index is 419. The fourth-order valence-corrected chi connectivity index (χ4v) is 3.01. The first-order valence-corrected chi connectivity index (χ1v) is 5.88. The fourth-order valence-electron chi connectivity index (χ4n) is 3.01. The molecule has 0 amide bonds. The molecule has 0 bridgehead atoms. The zero-order chi connectivity index (χ0) is 12.1. The molecule has 0 saturated carbocycles. The van der Waals surface area contributed by atoms with Crippen molar-refractivity contribution in [3.05, 3.63) is 23.8 Å². The van der Waals surface area contributed by atoms with Crippen LogP contribution in [-0.2, 0) is 5.41 Å². The Balaban J connectivity index is 2.63. The van der Waals surface area contributed by atoms with Crippen molar-refractivity contribution >= 4 is 11.4 Å². The molecule has 1 heterocycles. The maximum Gasteiger partial charge on any atom is 0.0407 e. The van der Waals surface area contributed by atoms with Crippen LogP contribution in [-0.4, -0.2) is 12.6 Å². The van der Waals surface area contributed by atoms with E-state index in [-0.39, 0.29) is 11.0 Å². The summed E-state index contributed by atoms with van der Waals surface area (Å²) in [5.41, 5.74) is 9.84. The van der Waals surface area contributed by atoms with E-state index in [1.54, 1.807) is 0 Å². The second-order valence-corrected chi connectivity index (χ2v) is 6.21. The molecule has 0 saturated heterocycles. The van der Waals surface area contributed by atoms with Crippen molar-refractivity contribution in [1.29, 1.82) is 0 Å². The summed E-state index contributed by atoms with van der Waals surface area (Å²) in [6.45, 7) is 9.21. The van der Waals surface area contributed by atoms with Crippen molar-refractivity contribution in [1.82, 2.24) is 0 Å². The van der Waals surface area contributed by atoms with E-state index in [1.165, 1.54) is 11.3 Å². The number of benzene rings is 1. The number of nitrogen functional groups attached to an aromatic ring is 1. The minimum atomic E-state index is 0.195. The summed E-state index contributed by atoms with van der Waals surface area (Å²) in [4.78, 5) is 2.37. The van der Waals surface area contributed by atoms with E-state index >= 15 is 0 Å². The number of hydrogen-bond acceptors (Lipinski definition) is 2. The minimum Gasteiger partial charge on any atom is -0.399 e. The summed E-state index contributed by atoms with van der Waals surface area (Å²) in [7, 11) is 2.17. The Hall–Kier alpha value is -1.18. The highest BCUT2D eigenvalue weighted by molar-refractivity contribution is 5.65. The van der Waals surface area contributed by atoms with E-state index in [1.807, 2.05) is 6.07 Å². The molecule has 1 aliphatic rings. The van der Waals surface area contributed by atoms with Gasteiger partial charge < -0.3 is 10.6 Å². The maximum atomic E-state index is 5.90. The van der Waals surface area contributed by atoms with Gasteiger partial charge >= 0.3 is 0 Å². The first-order valence-electron chi connectivity index (χ1n) is 5.88. The van der Waals surface area contributed by atoms with Crippen LogP contribution >= 0.6 is 0 Å². The van der Waals surface area contributed by atoms with Gasteiger partial charge in [-0.3, -0.25) is 0 Å². The molecule has 88 valence electrons. The van der Waals surface area contributed by atoms with Crippen LogP contribution in [0.15, 0.2) is 18.2 Å². The number of hydrogen-bond donors (Lipinski definition) is 1. The predicted molar refractivity (Wildman–Crippen MR) is 71.0 cm³/mol. The number of anilines is 2. The van der Waals surface area contributed by atoms with Gasteiger partial charge in [-0.05, 0) is 49.4 Å². The lowest BCUT2D eigenvalue weighted by atomic mass is 9.70. The van der Waals surface area contributed by atoms with Crippen molar-refractivity contribution in [2.45, 2.75) is 45.1 Å². The molecule has 0 aliphatic carbocycles. The van der Waals surface area contributed by atoms with E-state index in [0.717, 1.165) is 12.1 Å². The standard InChI is InChI=1S/C14H22N2/c1-13(2)9-14(3,4)16(5)12-7-6-10(15)8-11(12)13/h6-8H,9,15H2,1-5H3. The number of nitrogens with two attached hydrogens (primary N) is 1. The molecule has 2 nitrogen and oxygen atoms in total. The minimum absolute atomic E-state index is 0.195. The van der Waals surface area contributed by atoms with Crippen molar-refractivity contribution in [2.24, 2.45) is 0 Å². The molecule has 0 aromatic heterocycles. The lowest BCUT2D eigenvalue weighted by Gasteiger charge is -2.49. The smallest absolute Gasteiger partial charge is 0.0407 e. The SMILES string of the molecule is CN1c2ccc(N)cc2C(C)(C)CC1(C)C. The van der Waals surface area contributed by atoms with Crippen LogP contribution in [0, 0.1) is 0 Å². The lowest BCUT2D eigenvalue weighted by Crippen LogP contribution is -2.50. The van der Waals surface area contributed by atoms with Gasteiger partial charge in [0.2, 0.25) is 0 Å². The van der Waals surface area contributed by atoms with Gasteiger partial charge in [0.1, 0.15) is 0 Å². The highest BCUT2D eigenvalue weighted by Gasteiger charge is 2.40. The van der Waals surface area contributed by atoms with E-state index in [2.05, 4.69) is 51.8 Å². The fraction of sp³-hybridized carbons (Fsp3) is 0.571. The molecule has 1 aromatic carbocycles. The number of rotatable bonds is 0. The molecule has 2 N–H and O–H groups in total. The second kappa shape index (κ2) is 3.16. The van der Waals surface area contributed by atoms with Crippen molar-refractivity contribution in [3.63, 3.8) is 0 Å². The van der Waals surface area contributed by atoms with Gasteiger partial charge in [-0.15, -0.1) is 0 Å². The summed E-state index contributed by atoms with van der Waals surface area (Å²) in [6, 6.07) is 6.27. The largest absolute Gasteiger partial charge is 0.399 e. The highest BCUT2D eigenvalue weighted by atomic mass is 15.2. The van der Waals surface area contributed by atoms with Crippen LogP contribution in [0.3, 0.4) is 0 Å². The molecule has 2 rings (SSSR count). The van der Waals surface area contributed by atoms with E-state index in [9.17, 15) is 0 Å². The van der Waals surface area contributed by atoms with Gasteiger partial charge in [0.25, 0.3) is 0 Å². The first-order chi connectivity index (χ1) is 7.24. The maximum absolute atomic E-state index is 5.90. The average Bonchev–Trinajstić information content (AvgIpc) is 2.13. The molecule has 0 unspecified atom stereocenters. The van der Waals surface area contributed by atoms with Crippen molar-refractivity contribution in [2.75, 3.05) is 17.7 Å².